The first kappa shape index (κ1) is 20.0. The molecule has 0 saturated carbocycles. The summed E-state index contributed by atoms with van der Waals surface area (Å²) in [4.78, 5) is 9.27. The molecule has 2 aromatic heterocycles. The molecule has 148 valence electrons. The number of nitrogens with zero attached hydrogens (tertiary/aromatic N) is 4. The maximum absolute atomic E-state index is 10.7. The molecule has 0 saturated heterocycles. The molecule has 0 aliphatic rings. The lowest BCUT2D eigenvalue weighted by atomic mass is 10.00. The van der Waals surface area contributed by atoms with Crippen molar-refractivity contribution < 1.29 is 5.11 Å². The smallest absolute Gasteiger partial charge is 0.191 e. The monoisotopic (exact) mass is 398 g/mol. The van der Waals surface area contributed by atoms with Crippen LogP contribution in [0.3, 0.4) is 0 Å². The van der Waals surface area contributed by atoms with E-state index in [4.69, 9.17) is 0 Å². The zero-order chi connectivity index (χ0) is 20.0. The van der Waals surface area contributed by atoms with Gasteiger partial charge in [-0.25, -0.2) is 9.98 Å². The maximum atomic E-state index is 10.7. The molecule has 3 N–H and O–H groups in total. The third-order valence-corrected chi connectivity index (χ3v) is 5.10. The average Bonchev–Trinajstić information content (AvgIpc) is 3.34. The number of hydrogen-bond donors (Lipinski definition) is 3. The zero-order valence-electron chi connectivity index (χ0n) is 16.4. The zero-order valence-corrected chi connectivity index (χ0v) is 17.2. The van der Waals surface area contributed by atoms with E-state index in [2.05, 4.69) is 25.7 Å². The molecule has 7 nitrogen and oxygen atoms in total. The molecule has 1 unspecified atom stereocenters. The van der Waals surface area contributed by atoms with E-state index in [1.807, 2.05) is 55.9 Å². The Labute approximate surface area is 169 Å². The molecule has 3 aromatic rings. The van der Waals surface area contributed by atoms with Crippen molar-refractivity contribution in [1.82, 2.24) is 25.4 Å². The summed E-state index contributed by atoms with van der Waals surface area (Å²) in [5.74, 6) is 0.642. The highest BCUT2D eigenvalue weighted by Gasteiger charge is 2.25. The van der Waals surface area contributed by atoms with Gasteiger partial charge in [-0.3, -0.25) is 4.68 Å². The van der Waals surface area contributed by atoms with Crippen LogP contribution in [0.25, 0.3) is 11.3 Å². The second-order valence-electron chi connectivity index (χ2n) is 6.72. The summed E-state index contributed by atoms with van der Waals surface area (Å²) in [6, 6.07) is 10.1. The van der Waals surface area contributed by atoms with Crippen LogP contribution >= 0.6 is 11.3 Å². The lowest BCUT2D eigenvalue weighted by molar-refractivity contribution is 0.0616. The molecule has 1 aromatic carbocycles. The fourth-order valence-electron chi connectivity index (χ4n) is 2.67. The first-order valence-corrected chi connectivity index (χ1v) is 10.1. The highest BCUT2D eigenvalue weighted by Crippen LogP contribution is 2.22. The summed E-state index contributed by atoms with van der Waals surface area (Å²) in [6.45, 7) is 5.29. The number of aliphatic imine (C=N–C) groups is 1. The van der Waals surface area contributed by atoms with Crippen LogP contribution in [0.4, 0.5) is 0 Å². The Morgan fingerprint density at radius 2 is 2.07 bits per heavy atom. The third kappa shape index (κ3) is 5.17. The van der Waals surface area contributed by atoms with E-state index in [1.54, 1.807) is 29.1 Å². The molecule has 1 atom stereocenters. The highest BCUT2D eigenvalue weighted by molar-refractivity contribution is 7.09. The minimum atomic E-state index is -1.05. The Balaban J connectivity index is 1.63. The number of aryl methyl sites for hydroxylation is 1. The molecule has 0 radical (unpaired) electrons. The van der Waals surface area contributed by atoms with Gasteiger partial charge in [0.1, 0.15) is 10.6 Å². The van der Waals surface area contributed by atoms with Crippen LogP contribution in [-0.2, 0) is 19.2 Å². The topological polar surface area (TPSA) is 87.4 Å². The van der Waals surface area contributed by atoms with Gasteiger partial charge in [0, 0.05) is 36.3 Å². The molecule has 0 aliphatic heterocycles. The minimum absolute atomic E-state index is 0.317. The van der Waals surface area contributed by atoms with E-state index in [0.717, 1.165) is 28.4 Å². The Hall–Kier alpha value is -2.71. The van der Waals surface area contributed by atoms with Crippen molar-refractivity contribution in [2.24, 2.45) is 12.0 Å². The Morgan fingerprint density at radius 3 is 2.75 bits per heavy atom. The minimum Gasteiger partial charge on any atom is -0.383 e. The number of nitrogens with one attached hydrogen (secondary N) is 2. The third-order valence-electron chi connectivity index (χ3n) is 4.26. The van der Waals surface area contributed by atoms with Crippen molar-refractivity contribution >= 4 is 17.3 Å². The normalized spacial score (nSPS) is 13.9. The average molecular weight is 399 g/mol. The van der Waals surface area contributed by atoms with Crippen molar-refractivity contribution in [3.05, 3.63) is 58.7 Å². The van der Waals surface area contributed by atoms with Crippen molar-refractivity contribution in [3.8, 4) is 11.3 Å². The number of aromatic nitrogens is 3. The fourth-order valence-corrected chi connectivity index (χ4v) is 3.40. The van der Waals surface area contributed by atoms with Crippen LogP contribution in [-0.4, -0.2) is 38.9 Å². The molecule has 3 rings (SSSR count). The first-order chi connectivity index (χ1) is 13.5. The Kier molecular flexibility index (Phi) is 6.43. The van der Waals surface area contributed by atoms with Crippen molar-refractivity contribution in [2.45, 2.75) is 26.0 Å². The lowest BCUT2D eigenvalue weighted by Crippen LogP contribution is -2.44. The molecule has 8 heteroatoms. The van der Waals surface area contributed by atoms with Gasteiger partial charge >= 0.3 is 0 Å². The molecule has 0 amide bonds. The summed E-state index contributed by atoms with van der Waals surface area (Å²) in [6.07, 6.45) is 3.48. The van der Waals surface area contributed by atoms with Crippen LogP contribution in [0.5, 0.6) is 0 Å². The molecular weight excluding hydrogens is 372 g/mol. The van der Waals surface area contributed by atoms with Gasteiger partial charge in [0.2, 0.25) is 0 Å². The SMILES string of the molecule is CCNC(=NCc1nc(-c2ccccc2)cs1)NCC(C)(O)c1cnn(C)c1. The van der Waals surface area contributed by atoms with Gasteiger partial charge in [-0.1, -0.05) is 30.3 Å². The van der Waals surface area contributed by atoms with Crippen molar-refractivity contribution in [2.75, 3.05) is 13.1 Å². The summed E-state index contributed by atoms with van der Waals surface area (Å²) < 4.78 is 1.68. The predicted octanol–water partition coefficient (Wildman–Crippen LogP) is 2.51. The summed E-state index contributed by atoms with van der Waals surface area (Å²) in [7, 11) is 1.83. The van der Waals surface area contributed by atoms with Gasteiger partial charge in [-0.15, -0.1) is 11.3 Å². The molecule has 0 fully saturated rings. The number of rotatable bonds is 7. The molecule has 0 aliphatic carbocycles. The number of hydrogen-bond acceptors (Lipinski definition) is 5. The van der Waals surface area contributed by atoms with Gasteiger partial charge < -0.3 is 15.7 Å². The van der Waals surface area contributed by atoms with Crippen LogP contribution in [0.2, 0.25) is 0 Å². The van der Waals surface area contributed by atoms with E-state index in [1.165, 1.54) is 0 Å². The van der Waals surface area contributed by atoms with E-state index in [-0.39, 0.29) is 0 Å². The second kappa shape index (κ2) is 8.99. The van der Waals surface area contributed by atoms with Gasteiger partial charge in [0.05, 0.1) is 25.0 Å². The number of thiazole rings is 1. The number of guanidine groups is 1. The number of aliphatic hydroxyl groups is 1. The first-order valence-electron chi connectivity index (χ1n) is 9.21. The van der Waals surface area contributed by atoms with Crippen LogP contribution < -0.4 is 10.6 Å². The van der Waals surface area contributed by atoms with Gasteiger partial charge in [-0.2, -0.15) is 5.10 Å². The van der Waals surface area contributed by atoms with Gasteiger partial charge in [0.15, 0.2) is 5.96 Å². The standard InChI is InChI=1S/C20H26N6OS/c1-4-21-19(23-14-20(2,27)16-10-24-26(3)12-16)22-11-18-25-17(13-28-18)15-8-6-5-7-9-15/h5-10,12-13,27H,4,11,14H2,1-3H3,(H2,21,22,23). The maximum Gasteiger partial charge on any atom is 0.191 e. The van der Waals surface area contributed by atoms with Crippen molar-refractivity contribution in [1.29, 1.82) is 0 Å². The molecule has 2 heterocycles. The van der Waals surface area contributed by atoms with Crippen LogP contribution in [0, 0.1) is 0 Å². The lowest BCUT2D eigenvalue weighted by Gasteiger charge is -2.23. The summed E-state index contributed by atoms with van der Waals surface area (Å²) in [5, 5.41) is 24.2. The summed E-state index contributed by atoms with van der Waals surface area (Å²) in [5.41, 5.74) is 1.78. The molecule has 0 spiro atoms. The van der Waals surface area contributed by atoms with E-state index in [0.29, 0.717) is 19.0 Å². The quantitative estimate of drug-likeness (QED) is 0.420. The second-order valence-corrected chi connectivity index (χ2v) is 7.66. The van der Waals surface area contributed by atoms with Gasteiger partial charge in [-0.05, 0) is 13.8 Å². The van der Waals surface area contributed by atoms with Crippen LogP contribution in [0.15, 0.2) is 53.1 Å². The summed E-state index contributed by atoms with van der Waals surface area (Å²) >= 11 is 1.59. The largest absolute Gasteiger partial charge is 0.383 e. The van der Waals surface area contributed by atoms with E-state index >= 15 is 0 Å². The predicted molar refractivity (Wildman–Crippen MR) is 113 cm³/mol. The molecule has 0 bridgehead atoms. The Morgan fingerprint density at radius 1 is 1.29 bits per heavy atom. The van der Waals surface area contributed by atoms with Crippen LogP contribution in [0.1, 0.15) is 24.4 Å². The van der Waals surface area contributed by atoms with Gasteiger partial charge in [0.25, 0.3) is 0 Å². The van der Waals surface area contributed by atoms with E-state index < -0.39 is 5.60 Å². The Bertz CT molecular complexity index is 916. The number of benzene rings is 1. The molecular formula is C20H26N6OS. The molecule has 28 heavy (non-hydrogen) atoms. The highest BCUT2D eigenvalue weighted by atomic mass is 32.1. The van der Waals surface area contributed by atoms with E-state index in [9.17, 15) is 5.11 Å². The van der Waals surface area contributed by atoms with Crippen molar-refractivity contribution in [3.63, 3.8) is 0 Å². The fraction of sp³-hybridized carbons (Fsp3) is 0.350.